The number of thiocarbonyl (C=S) groups is 1. The Hall–Kier alpha value is -1.49. The van der Waals surface area contributed by atoms with Gasteiger partial charge in [-0.3, -0.25) is 4.79 Å². The van der Waals surface area contributed by atoms with Crippen molar-refractivity contribution >= 4 is 23.1 Å². The van der Waals surface area contributed by atoms with Crippen LogP contribution in [0.4, 0.5) is 4.39 Å². The summed E-state index contributed by atoms with van der Waals surface area (Å²) in [7, 11) is 0. The maximum Gasteiger partial charge on any atom is 0.230 e. The molecule has 0 saturated carbocycles. The zero-order valence-electron chi connectivity index (χ0n) is 11.3. The van der Waals surface area contributed by atoms with E-state index in [0.29, 0.717) is 0 Å². The highest BCUT2D eigenvalue weighted by Crippen LogP contribution is 2.16. The Labute approximate surface area is 118 Å². The summed E-state index contributed by atoms with van der Waals surface area (Å²) in [6, 6.07) is 5.80. The summed E-state index contributed by atoms with van der Waals surface area (Å²) < 4.78 is 12.8. The second-order valence-electron chi connectivity index (χ2n) is 4.91. The van der Waals surface area contributed by atoms with Crippen LogP contribution in [0.1, 0.15) is 32.4 Å². The molecule has 0 fully saturated rings. The molecule has 1 aromatic carbocycles. The van der Waals surface area contributed by atoms with Gasteiger partial charge in [-0.15, -0.1) is 0 Å². The molecule has 104 valence electrons. The molecule has 0 aliphatic heterocycles. The topological polar surface area (TPSA) is 55.1 Å². The Morgan fingerprint density at radius 3 is 2.21 bits per heavy atom. The summed E-state index contributed by atoms with van der Waals surface area (Å²) in [5.74, 6) is -0.944. The Morgan fingerprint density at radius 2 is 1.79 bits per heavy atom. The van der Waals surface area contributed by atoms with Gasteiger partial charge in [0.05, 0.1) is 16.9 Å². The number of benzene rings is 1. The lowest BCUT2D eigenvalue weighted by Crippen LogP contribution is -2.41. The van der Waals surface area contributed by atoms with E-state index in [1.54, 1.807) is 12.1 Å². The first-order chi connectivity index (χ1) is 8.82. The van der Waals surface area contributed by atoms with Crippen molar-refractivity contribution in [2.45, 2.75) is 26.8 Å². The average Bonchev–Trinajstić information content (AvgIpc) is 2.28. The van der Waals surface area contributed by atoms with Crippen LogP contribution in [0, 0.1) is 17.7 Å². The zero-order chi connectivity index (χ0) is 14.6. The van der Waals surface area contributed by atoms with Crippen molar-refractivity contribution in [3.63, 3.8) is 0 Å². The highest BCUT2D eigenvalue weighted by atomic mass is 32.1. The summed E-state index contributed by atoms with van der Waals surface area (Å²) in [6.45, 7) is 5.63. The summed E-state index contributed by atoms with van der Waals surface area (Å²) in [5, 5.41) is 2.85. The van der Waals surface area contributed by atoms with Crippen LogP contribution in [0.15, 0.2) is 24.3 Å². The predicted octanol–water partition coefficient (Wildman–Crippen LogP) is 2.56. The van der Waals surface area contributed by atoms with Crippen LogP contribution in [0.3, 0.4) is 0 Å². The molecule has 0 aliphatic carbocycles. The van der Waals surface area contributed by atoms with Crippen LogP contribution in [0.2, 0.25) is 0 Å². The van der Waals surface area contributed by atoms with E-state index in [2.05, 4.69) is 5.32 Å². The van der Waals surface area contributed by atoms with Crippen LogP contribution >= 0.6 is 12.2 Å². The second-order valence-corrected chi connectivity index (χ2v) is 5.38. The molecule has 1 amide bonds. The van der Waals surface area contributed by atoms with Crippen LogP contribution in [0.25, 0.3) is 0 Å². The second kappa shape index (κ2) is 6.61. The minimum atomic E-state index is -0.488. The third-order valence-electron chi connectivity index (χ3n) is 2.98. The van der Waals surface area contributed by atoms with Crippen LogP contribution in [-0.4, -0.2) is 10.9 Å². The molecule has 19 heavy (non-hydrogen) atoms. The fourth-order valence-corrected chi connectivity index (χ4v) is 2.28. The van der Waals surface area contributed by atoms with Gasteiger partial charge >= 0.3 is 0 Å². The number of amides is 1. The van der Waals surface area contributed by atoms with Crippen molar-refractivity contribution in [2.24, 2.45) is 17.6 Å². The van der Waals surface area contributed by atoms with Gasteiger partial charge in [0.1, 0.15) is 5.82 Å². The number of nitrogens with one attached hydrogen (secondary N) is 1. The van der Waals surface area contributed by atoms with E-state index in [0.717, 1.165) is 5.56 Å². The Bertz CT molecular complexity index is 459. The van der Waals surface area contributed by atoms with E-state index in [1.807, 2.05) is 20.8 Å². The monoisotopic (exact) mass is 282 g/mol. The Kier molecular flexibility index (Phi) is 5.42. The largest absolute Gasteiger partial charge is 0.393 e. The maximum atomic E-state index is 12.8. The van der Waals surface area contributed by atoms with Gasteiger partial charge in [-0.05, 0) is 30.5 Å². The molecular weight excluding hydrogens is 263 g/mol. The van der Waals surface area contributed by atoms with Gasteiger partial charge in [0, 0.05) is 0 Å². The molecular formula is C14H19FN2OS. The smallest absolute Gasteiger partial charge is 0.230 e. The number of carbonyl (C=O) groups is 1. The molecule has 0 radical (unpaired) electrons. The lowest BCUT2D eigenvalue weighted by atomic mass is 9.94. The van der Waals surface area contributed by atoms with Gasteiger partial charge in [0.25, 0.3) is 0 Å². The van der Waals surface area contributed by atoms with E-state index in [-0.39, 0.29) is 28.7 Å². The zero-order valence-corrected chi connectivity index (χ0v) is 12.1. The lowest BCUT2D eigenvalue weighted by molar-refractivity contribution is -0.124. The third kappa shape index (κ3) is 4.28. The summed E-state index contributed by atoms with van der Waals surface area (Å²) in [4.78, 5) is 12.3. The fraction of sp³-hybridized carbons (Fsp3) is 0.429. The third-order valence-corrected chi connectivity index (χ3v) is 3.24. The van der Waals surface area contributed by atoms with Crippen LogP contribution in [-0.2, 0) is 4.79 Å². The number of carbonyl (C=O) groups excluding carboxylic acids is 1. The predicted molar refractivity (Wildman–Crippen MR) is 78.1 cm³/mol. The molecule has 0 aromatic heterocycles. The highest BCUT2D eigenvalue weighted by molar-refractivity contribution is 7.80. The van der Waals surface area contributed by atoms with Gasteiger partial charge in [0.15, 0.2) is 0 Å². The highest BCUT2D eigenvalue weighted by Gasteiger charge is 2.26. The molecule has 1 aromatic rings. The quantitative estimate of drug-likeness (QED) is 0.816. The summed E-state index contributed by atoms with van der Waals surface area (Å²) in [6.07, 6.45) is 0. The molecule has 2 unspecified atom stereocenters. The minimum Gasteiger partial charge on any atom is -0.393 e. The van der Waals surface area contributed by atoms with Gasteiger partial charge in [-0.1, -0.05) is 38.2 Å². The number of halogens is 1. The molecule has 5 heteroatoms. The van der Waals surface area contributed by atoms with Crippen molar-refractivity contribution in [1.82, 2.24) is 5.32 Å². The molecule has 3 N–H and O–H groups in total. The van der Waals surface area contributed by atoms with Crippen LogP contribution in [0.5, 0.6) is 0 Å². The minimum absolute atomic E-state index is 0.0397. The normalized spacial score (nSPS) is 13.9. The standard InChI is InChI=1S/C14H19FN2OS/c1-8(2)12(13(16)19)14(18)17-9(3)10-4-6-11(15)7-5-10/h4-9,12H,1-3H3,(H2,16,19)(H,17,18). The molecule has 0 saturated heterocycles. The number of hydrogen-bond acceptors (Lipinski definition) is 2. The van der Waals surface area contributed by atoms with Crippen molar-refractivity contribution in [3.05, 3.63) is 35.6 Å². The Morgan fingerprint density at radius 1 is 1.26 bits per heavy atom. The van der Waals surface area contributed by atoms with E-state index >= 15 is 0 Å². The summed E-state index contributed by atoms with van der Waals surface area (Å²) >= 11 is 4.92. The van der Waals surface area contributed by atoms with Gasteiger partial charge in [-0.2, -0.15) is 0 Å². The van der Waals surface area contributed by atoms with E-state index < -0.39 is 5.92 Å². The first-order valence-corrected chi connectivity index (χ1v) is 6.59. The maximum absolute atomic E-state index is 12.8. The number of hydrogen-bond donors (Lipinski definition) is 2. The molecule has 0 spiro atoms. The van der Waals surface area contributed by atoms with E-state index in [9.17, 15) is 9.18 Å². The fourth-order valence-electron chi connectivity index (χ4n) is 1.90. The SMILES string of the molecule is CC(NC(=O)C(C(N)=S)C(C)C)c1ccc(F)cc1. The molecule has 3 nitrogen and oxygen atoms in total. The van der Waals surface area contributed by atoms with Gasteiger partial charge in [-0.25, -0.2) is 4.39 Å². The number of nitrogens with two attached hydrogens (primary N) is 1. The van der Waals surface area contributed by atoms with E-state index in [1.165, 1.54) is 12.1 Å². The first kappa shape index (κ1) is 15.6. The van der Waals surface area contributed by atoms with Crippen molar-refractivity contribution in [2.75, 3.05) is 0 Å². The molecule has 0 heterocycles. The average molecular weight is 282 g/mol. The summed E-state index contributed by atoms with van der Waals surface area (Å²) in [5.41, 5.74) is 6.43. The molecule has 0 aliphatic rings. The van der Waals surface area contributed by atoms with Gasteiger partial charge < -0.3 is 11.1 Å². The Balaban J connectivity index is 2.75. The molecule has 1 rings (SSSR count). The van der Waals surface area contributed by atoms with Crippen molar-refractivity contribution < 1.29 is 9.18 Å². The van der Waals surface area contributed by atoms with Crippen molar-refractivity contribution in [3.8, 4) is 0 Å². The molecule has 2 atom stereocenters. The lowest BCUT2D eigenvalue weighted by Gasteiger charge is -2.22. The van der Waals surface area contributed by atoms with Gasteiger partial charge in [0.2, 0.25) is 5.91 Å². The first-order valence-electron chi connectivity index (χ1n) is 6.18. The van der Waals surface area contributed by atoms with Crippen molar-refractivity contribution in [1.29, 1.82) is 0 Å². The van der Waals surface area contributed by atoms with Crippen LogP contribution < -0.4 is 11.1 Å². The molecule has 0 bridgehead atoms. The van der Waals surface area contributed by atoms with E-state index in [4.69, 9.17) is 18.0 Å². The number of rotatable bonds is 5.